The van der Waals surface area contributed by atoms with Crippen LogP contribution in [0.3, 0.4) is 0 Å². The maximum atomic E-state index is 9.44. The van der Waals surface area contributed by atoms with Crippen molar-refractivity contribution in [3.63, 3.8) is 0 Å². The minimum Gasteiger partial charge on any atom is -0.475 e. The Hall–Kier alpha value is -0.140. The Morgan fingerprint density at radius 3 is 1.62 bits per heavy atom. The molecule has 1 aliphatic heterocycles. The fraction of sp³-hybridized carbons (Fsp3) is 0.889. The van der Waals surface area contributed by atoms with Gasteiger partial charge in [-0.05, 0) is 6.42 Å². The van der Waals surface area contributed by atoms with Crippen molar-refractivity contribution in [2.45, 2.75) is 132 Å². The van der Waals surface area contributed by atoms with Crippen LogP contribution in [0.2, 0.25) is 0 Å². The van der Waals surface area contributed by atoms with Crippen LogP contribution in [0.4, 0.5) is 0 Å². The number of aliphatic hydroxyl groups excluding tert-OH is 2. The quantitative estimate of drug-likeness (QED) is 0.0813. The normalized spacial score (nSPS) is 16.1. The van der Waals surface area contributed by atoms with E-state index in [2.05, 4.69) is 41.1 Å². The second-order valence-electron chi connectivity index (χ2n) is 9.68. The molecule has 0 bridgehead atoms. The second-order valence-corrected chi connectivity index (χ2v) is 11.2. The van der Waals surface area contributed by atoms with Crippen molar-refractivity contribution < 1.29 is 14.9 Å². The Labute approximate surface area is 211 Å². The fourth-order valence-corrected chi connectivity index (χ4v) is 4.92. The van der Waals surface area contributed by atoms with Gasteiger partial charge in [-0.15, -0.1) is 0 Å². The van der Waals surface area contributed by atoms with E-state index in [1.54, 1.807) is 0 Å². The van der Waals surface area contributed by atoms with E-state index in [4.69, 9.17) is 4.74 Å². The van der Waals surface area contributed by atoms with Crippen molar-refractivity contribution in [2.24, 2.45) is 4.99 Å². The molecule has 1 heterocycles. The highest BCUT2D eigenvalue weighted by Gasteiger charge is 2.37. The predicted octanol–water partition coefficient (Wildman–Crippen LogP) is 7.54. The molecule has 0 radical (unpaired) electrons. The molecular formula is C27H50INO3. The number of alkyl halides is 1. The maximum Gasteiger partial charge on any atom is 0.213 e. The first-order chi connectivity index (χ1) is 15.6. The molecule has 1 unspecified atom stereocenters. The average molecular weight is 564 g/mol. The van der Waals surface area contributed by atoms with Crippen molar-refractivity contribution in [3.05, 3.63) is 12.2 Å². The molecule has 0 fully saturated rings. The lowest BCUT2D eigenvalue weighted by molar-refractivity contribution is 0.0976. The van der Waals surface area contributed by atoms with Gasteiger partial charge in [0.2, 0.25) is 5.90 Å². The summed E-state index contributed by atoms with van der Waals surface area (Å²) in [6, 6.07) is 0. The van der Waals surface area contributed by atoms with E-state index < -0.39 is 5.54 Å². The Kier molecular flexibility index (Phi) is 17.9. The van der Waals surface area contributed by atoms with Crippen LogP contribution in [-0.2, 0) is 4.74 Å². The van der Waals surface area contributed by atoms with E-state index in [0.717, 1.165) is 12.0 Å². The third kappa shape index (κ3) is 12.9. The molecule has 0 amide bonds. The van der Waals surface area contributed by atoms with Crippen LogP contribution in [-0.4, -0.2) is 45.4 Å². The highest BCUT2D eigenvalue weighted by Crippen LogP contribution is 2.27. The zero-order valence-corrected chi connectivity index (χ0v) is 22.9. The van der Waals surface area contributed by atoms with Gasteiger partial charge in [0.1, 0.15) is 12.1 Å². The molecule has 32 heavy (non-hydrogen) atoms. The molecule has 1 atom stereocenters. The van der Waals surface area contributed by atoms with Gasteiger partial charge >= 0.3 is 0 Å². The lowest BCUT2D eigenvalue weighted by Gasteiger charge is -2.16. The number of hydrogen-bond acceptors (Lipinski definition) is 4. The summed E-state index contributed by atoms with van der Waals surface area (Å²) in [4.78, 5) is 4.40. The Bertz CT molecular complexity index is 505. The predicted molar refractivity (Wildman–Crippen MR) is 146 cm³/mol. The Balaban J connectivity index is 1.90. The smallest absolute Gasteiger partial charge is 0.213 e. The topological polar surface area (TPSA) is 62.1 Å². The molecule has 0 saturated carbocycles. The highest BCUT2D eigenvalue weighted by molar-refractivity contribution is 14.1. The summed E-state index contributed by atoms with van der Waals surface area (Å²) in [5.74, 6) is 0.513. The zero-order chi connectivity index (χ0) is 23.5. The first kappa shape index (κ1) is 29.9. The van der Waals surface area contributed by atoms with E-state index in [0.29, 0.717) is 5.90 Å². The van der Waals surface area contributed by atoms with E-state index >= 15 is 0 Å². The van der Waals surface area contributed by atoms with E-state index in [1.807, 2.05) is 0 Å². The van der Waals surface area contributed by atoms with Gasteiger partial charge in [-0.1, -0.05) is 145 Å². The molecule has 0 aromatic carbocycles. The molecule has 1 rings (SSSR count). The third-order valence-corrected chi connectivity index (χ3v) is 7.99. The van der Waals surface area contributed by atoms with Crippen LogP contribution in [0.5, 0.6) is 0 Å². The second kappa shape index (κ2) is 19.2. The summed E-state index contributed by atoms with van der Waals surface area (Å²) >= 11 is 2.41. The number of nitrogens with zero attached hydrogens (tertiary/aromatic N) is 1. The van der Waals surface area contributed by atoms with Crippen LogP contribution >= 0.6 is 22.6 Å². The average Bonchev–Trinajstić information content (AvgIpc) is 3.25. The van der Waals surface area contributed by atoms with E-state index in [1.165, 1.54) is 109 Å². The van der Waals surface area contributed by atoms with E-state index in [-0.39, 0.29) is 23.7 Å². The largest absolute Gasteiger partial charge is 0.475 e. The highest BCUT2D eigenvalue weighted by atomic mass is 127. The molecular weight excluding hydrogens is 513 g/mol. The molecule has 2 N–H and O–H groups in total. The SMILES string of the molecule is C=C(C1=NC(CO)(CO)CO1)C(I)CCCCCCCCCCCCCCCCCCC. The van der Waals surface area contributed by atoms with Crippen LogP contribution < -0.4 is 0 Å². The van der Waals surface area contributed by atoms with Gasteiger partial charge in [-0.3, -0.25) is 0 Å². The molecule has 0 saturated heterocycles. The van der Waals surface area contributed by atoms with Crippen LogP contribution in [0, 0.1) is 0 Å². The maximum absolute atomic E-state index is 9.44. The van der Waals surface area contributed by atoms with Gasteiger partial charge < -0.3 is 14.9 Å². The van der Waals surface area contributed by atoms with Crippen molar-refractivity contribution in [1.29, 1.82) is 0 Å². The van der Waals surface area contributed by atoms with Gasteiger partial charge in [-0.2, -0.15) is 0 Å². The van der Waals surface area contributed by atoms with Crippen LogP contribution in [0.25, 0.3) is 0 Å². The summed E-state index contributed by atoms with van der Waals surface area (Å²) in [6.07, 6.45) is 24.7. The lowest BCUT2D eigenvalue weighted by Crippen LogP contribution is -2.37. The van der Waals surface area contributed by atoms with Crippen LogP contribution in [0.15, 0.2) is 17.1 Å². The molecule has 5 heteroatoms. The van der Waals surface area contributed by atoms with Crippen molar-refractivity contribution in [3.8, 4) is 0 Å². The first-order valence-electron chi connectivity index (χ1n) is 13.4. The minimum absolute atomic E-state index is 0.203. The summed E-state index contributed by atoms with van der Waals surface area (Å²) in [5, 5.41) is 18.9. The number of hydrogen-bond donors (Lipinski definition) is 2. The molecule has 188 valence electrons. The Morgan fingerprint density at radius 1 is 0.844 bits per heavy atom. The third-order valence-electron chi connectivity index (χ3n) is 6.62. The lowest BCUT2D eigenvalue weighted by atomic mass is 10.0. The van der Waals surface area contributed by atoms with Crippen molar-refractivity contribution in [2.75, 3.05) is 19.8 Å². The number of ether oxygens (including phenoxy) is 1. The monoisotopic (exact) mass is 563 g/mol. The standard InChI is InChI=1S/C27H50INO3/c1-3-4-5-6-7-8-9-10-11-12-13-14-15-16-17-18-19-20-25(28)24(2)26-29-27(21-30,22-31)23-32-26/h25,30-31H,2-23H2,1H3. The molecule has 0 aromatic heterocycles. The molecule has 4 nitrogen and oxygen atoms in total. The first-order valence-corrected chi connectivity index (χ1v) is 14.6. The van der Waals surface area contributed by atoms with E-state index in [9.17, 15) is 10.2 Å². The summed E-state index contributed by atoms with van der Waals surface area (Å²) in [5.41, 5.74) is -0.00596. The summed E-state index contributed by atoms with van der Waals surface area (Å²) < 4.78 is 5.88. The molecule has 0 spiro atoms. The fourth-order valence-electron chi connectivity index (χ4n) is 4.22. The van der Waals surface area contributed by atoms with Gasteiger partial charge in [0.05, 0.1) is 13.2 Å². The van der Waals surface area contributed by atoms with Gasteiger partial charge in [0.25, 0.3) is 0 Å². The summed E-state index contributed by atoms with van der Waals surface area (Å²) in [6.45, 7) is 6.25. The number of halogens is 1. The number of aliphatic hydroxyl groups is 2. The summed E-state index contributed by atoms with van der Waals surface area (Å²) in [7, 11) is 0. The minimum atomic E-state index is -0.886. The number of unbranched alkanes of at least 4 members (excludes halogenated alkanes) is 16. The molecule has 1 aliphatic rings. The van der Waals surface area contributed by atoms with Gasteiger partial charge in [0.15, 0.2) is 0 Å². The van der Waals surface area contributed by atoms with Crippen LogP contribution in [0.1, 0.15) is 122 Å². The van der Waals surface area contributed by atoms with Crippen molar-refractivity contribution in [1.82, 2.24) is 0 Å². The number of aliphatic imine (C=N–C) groups is 1. The molecule has 0 aliphatic carbocycles. The zero-order valence-electron chi connectivity index (χ0n) is 20.8. The van der Waals surface area contributed by atoms with Crippen molar-refractivity contribution >= 4 is 28.5 Å². The Morgan fingerprint density at radius 2 is 1.25 bits per heavy atom. The van der Waals surface area contributed by atoms with Gasteiger partial charge in [-0.25, -0.2) is 4.99 Å². The number of rotatable bonds is 22. The molecule has 0 aromatic rings. The van der Waals surface area contributed by atoms with Gasteiger partial charge in [0, 0.05) is 9.50 Å².